The molecule has 0 aliphatic heterocycles. The number of aryl methyl sites for hydroxylation is 1. The van der Waals surface area contributed by atoms with Crippen molar-refractivity contribution in [1.29, 1.82) is 0 Å². The highest BCUT2D eigenvalue weighted by molar-refractivity contribution is 7.92. The largest absolute Gasteiger partial charge is 0.381 e. The molecule has 1 fully saturated rings. The lowest BCUT2D eigenvalue weighted by Gasteiger charge is -2.16. The van der Waals surface area contributed by atoms with Crippen molar-refractivity contribution in [1.82, 2.24) is 0 Å². The van der Waals surface area contributed by atoms with E-state index in [2.05, 4.69) is 0 Å². The molecule has 0 amide bonds. The maximum atomic E-state index is 13.3. The van der Waals surface area contributed by atoms with Crippen LogP contribution in [0.4, 0.5) is 0 Å². The second-order valence-electron chi connectivity index (χ2n) is 6.88. The normalized spacial score (nSPS) is 25.2. The van der Waals surface area contributed by atoms with E-state index in [0.29, 0.717) is 18.2 Å². The van der Waals surface area contributed by atoms with Crippen LogP contribution in [0.2, 0.25) is 5.02 Å². The number of rotatable bonds is 7. The van der Waals surface area contributed by atoms with Crippen molar-refractivity contribution in [2.45, 2.75) is 29.9 Å². The maximum Gasteiger partial charge on any atom is 0.182 e. The highest BCUT2D eigenvalue weighted by Gasteiger charge is 2.70. The Hall–Kier alpha value is -1.40. The van der Waals surface area contributed by atoms with Crippen LogP contribution in [0.25, 0.3) is 0 Å². The first-order valence-corrected chi connectivity index (χ1v) is 10.6. The van der Waals surface area contributed by atoms with Gasteiger partial charge in [-0.1, -0.05) is 41.4 Å². The molecule has 2 aromatic rings. The summed E-state index contributed by atoms with van der Waals surface area (Å²) in [7, 11) is -3.56. The van der Waals surface area contributed by atoms with Gasteiger partial charge in [-0.2, -0.15) is 0 Å². The van der Waals surface area contributed by atoms with Crippen molar-refractivity contribution in [2.75, 3.05) is 19.8 Å². The van der Waals surface area contributed by atoms with Gasteiger partial charge in [-0.15, -0.1) is 0 Å². The number of hydrogen-bond donors (Lipinski definition) is 1. The first-order valence-electron chi connectivity index (χ1n) is 8.70. The van der Waals surface area contributed by atoms with Gasteiger partial charge in [0.05, 0.1) is 16.8 Å². The lowest BCUT2D eigenvalue weighted by Crippen LogP contribution is -2.29. The second-order valence-corrected chi connectivity index (χ2v) is 9.39. The Bertz CT molecular complexity index is 865. The van der Waals surface area contributed by atoms with Crippen LogP contribution in [0.3, 0.4) is 0 Å². The maximum absolute atomic E-state index is 13.3. The van der Waals surface area contributed by atoms with Crippen molar-refractivity contribution in [3.8, 4) is 0 Å². The Morgan fingerprint density at radius 1 is 1.12 bits per heavy atom. The standard InChI is InChI=1S/C20H24ClNO3S/c1-3-25-13-20(12-22)18(15-6-4-14(2)5-7-15)19(20)26(23,24)17-10-8-16(21)9-11-17/h4-11,18-19H,3,12-13,22H2,1-2H3/t18-,19-,20-/m1/s1. The minimum absolute atomic E-state index is 0.180. The minimum atomic E-state index is -3.56. The first kappa shape index (κ1) is 19.4. The van der Waals surface area contributed by atoms with Gasteiger partial charge >= 0.3 is 0 Å². The van der Waals surface area contributed by atoms with Crippen molar-refractivity contribution in [3.05, 3.63) is 64.7 Å². The van der Waals surface area contributed by atoms with Crippen LogP contribution in [0.15, 0.2) is 53.4 Å². The summed E-state index contributed by atoms with van der Waals surface area (Å²) < 4.78 is 32.3. The molecule has 2 N–H and O–H groups in total. The molecule has 1 saturated carbocycles. The molecule has 1 aliphatic rings. The third kappa shape index (κ3) is 3.29. The summed E-state index contributed by atoms with van der Waals surface area (Å²) in [6.07, 6.45) is 0. The van der Waals surface area contributed by atoms with Crippen LogP contribution < -0.4 is 5.73 Å². The highest BCUT2D eigenvalue weighted by atomic mass is 35.5. The lowest BCUT2D eigenvalue weighted by atomic mass is 9.99. The first-order chi connectivity index (χ1) is 12.4. The summed E-state index contributed by atoms with van der Waals surface area (Å²) in [4.78, 5) is 0.274. The Morgan fingerprint density at radius 2 is 1.73 bits per heavy atom. The lowest BCUT2D eigenvalue weighted by molar-refractivity contribution is 0.101. The SMILES string of the molecule is CCOC[C@]1(CN)[C@H](c2ccc(C)cc2)[C@H]1S(=O)(=O)c1ccc(Cl)cc1. The van der Waals surface area contributed by atoms with E-state index in [1.54, 1.807) is 24.3 Å². The minimum Gasteiger partial charge on any atom is -0.381 e. The van der Waals surface area contributed by atoms with Gasteiger partial charge in [0.2, 0.25) is 0 Å². The molecule has 3 atom stereocenters. The third-order valence-electron chi connectivity index (χ3n) is 5.25. The zero-order valence-electron chi connectivity index (χ0n) is 15.0. The molecule has 0 spiro atoms. The summed E-state index contributed by atoms with van der Waals surface area (Å²) in [6, 6.07) is 14.3. The van der Waals surface area contributed by atoms with Gasteiger partial charge in [0.25, 0.3) is 0 Å². The molecule has 3 rings (SSSR count). The smallest absolute Gasteiger partial charge is 0.182 e. The Morgan fingerprint density at radius 3 is 2.27 bits per heavy atom. The Kier molecular flexibility index (Phi) is 5.45. The van der Waals surface area contributed by atoms with Crippen LogP contribution in [-0.2, 0) is 14.6 Å². The van der Waals surface area contributed by atoms with E-state index in [1.807, 2.05) is 38.1 Å². The van der Waals surface area contributed by atoms with Crippen LogP contribution in [0.1, 0.15) is 24.0 Å². The summed E-state index contributed by atoms with van der Waals surface area (Å²) in [6.45, 7) is 5.01. The van der Waals surface area contributed by atoms with Gasteiger partial charge in [0.1, 0.15) is 0 Å². The van der Waals surface area contributed by atoms with Crippen molar-refractivity contribution in [3.63, 3.8) is 0 Å². The Balaban J connectivity index is 2.03. The summed E-state index contributed by atoms with van der Waals surface area (Å²) >= 11 is 5.91. The van der Waals surface area contributed by atoms with Gasteiger partial charge < -0.3 is 10.5 Å². The van der Waals surface area contributed by atoms with Gasteiger partial charge in [-0.25, -0.2) is 8.42 Å². The molecule has 26 heavy (non-hydrogen) atoms. The molecule has 1 aliphatic carbocycles. The fourth-order valence-electron chi connectivity index (χ4n) is 3.76. The van der Waals surface area contributed by atoms with Crippen LogP contribution in [-0.4, -0.2) is 33.4 Å². The zero-order valence-corrected chi connectivity index (χ0v) is 16.6. The predicted molar refractivity (Wildman–Crippen MR) is 104 cm³/mol. The fourth-order valence-corrected chi connectivity index (χ4v) is 6.33. The number of nitrogens with two attached hydrogens (primary N) is 1. The van der Waals surface area contributed by atoms with E-state index >= 15 is 0 Å². The number of sulfone groups is 1. The van der Waals surface area contributed by atoms with Gasteiger partial charge in [0.15, 0.2) is 9.84 Å². The molecule has 4 nitrogen and oxygen atoms in total. The topological polar surface area (TPSA) is 69.4 Å². The molecule has 0 heterocycles. The monoisotopic (exact) mass is 393 g/mol. The van der Waals surface area contributed by atoms with Crippen LogP contribution in [0.5, 0.6) is 0 Å². The van der Waals surface area contributed by atoms with Crippen LogP contribution >= 0.6 is 11.6 Å². The summed E-state index contributed by atoms with van der Waals surface area (Å²) in [5.74, 6) is -0.180. The van der Waals surface area contributed by atoms with Crippen LogP contribution in [0, 0.1) is 12.3 Å². The van der Waals surface area contributed by atoms with Crippen molar-refractivity contribution < 1.29 is 13.2 Å². The van der Waals surface area contributed by atoms with E-state index in [4.69, 9.17) is 22.1 Å². The summed E-state index contributed by atoms with van der Waals surface area (Å²) in [5.41, 5.74) is 7.61. The number of ether oxygens (including phenoxy) is 1. The van der Waals surface area contributed by atoms with E-state index in [1.165, 1.54) is 0 Å². The fraction of sp³-hybridized carbons (Fsp3) is 0.400. The van der Waals surface area contributed by atoms with Gasteiger partial charge in [-0.3, -0.25) is 0 Å². The number of benzene rings is 2. The molecular weight excluding hydrogens is 370 g/mol. The average Bonchev–Trinajstić information content (AvgIpc) is 3.31. The molecular formula is C20H24ClNO3S. The number of halogens is 1. The molecule has 0 unspecified atom stereocenters. The number of hydrogen-bond acceptors (Lipinski definition) is 4. The Labute approximate surface area is 160 Å². The van der Waals surface area contributed by atoms with E-state index in [-0.39, 0.29) is 17.4 Å². The third-order valence-corrected chi connectivity index (χ3v) is 7.84. The molecule has 0 saturated heterocycles. The van der Waals surface area contributed by atoms with Crippen molar-refractivity contribution in [2.24, 2.45) is 11.1 Å². The van der Waals surface area contributed by atoms with Gasteiger partial charge in [-0.05, 0) is 43.7 Å². The average molecular weight is 394 g/mol. The molecule has 6 heteroatoms. The molecule has 0 aromatic heterocycles. The second kappa shape index (κ2) is 7.31. The predicted octanol–water partition coefficient (Wildman–Crippen LogP) is 3.57. The van der Waals surface area contributed by atoms with Gasteiger partial charge in [0, 0.05) is 29.5 Å². The molecule has 140 valence electrons. The zero-order chi connectivity index (χ0) is 18.9. The molecule has 0 bridgehead atoms. The van der Waals surface area contributed by atoms with Crippen molar-refractivity contribution >= 4 is 21.4 Å². The summed E-state index contributed by atoms with van der Waals surface area (Å²) in [5, 5.41) is -0.0929. The quantitative estimate of drug-likeness (QED) is 0.780. The molecule has 2 aromatic carbocycles. The highest BCUT2D eigenvalue weighted by Crippen LogP contribution is 2.63. The van der Waals surface area contributed by atoms with E-state index in [9.17, 15) is 8.42 Å². The van der Waals surface area contributed by atoms with E-state index in [0.717, 1.165) is 11.1 Å². The molecule has 0 radical (unpaired) electrons. The van der Waals surface area contributed by atoms with E-state index < -0.39 is 20.5 Å².